The van der Waals surface area contributed by atoms with Crippen molar-refractivity contribution in [3.8, 4) is 0 Å². The van der Waals surface area contributed by atoms with Gasteiger partial charge < -0.3 is 15.5 Å². The van der Waals surface area contributed by atoms with E-state index in [0.717, 1.165) is 61.9 Å². The minimum Gasteiger partial charge on any atom is -0.382 e. The summed E-state index contributed by atoms with van der Waals surface area (Å²) in [6.07, 6.45) is 2.24. The van der Waals surface area contributed by atoms with E-state index in [1.807, 2.05) is 23.1 Å². The van der Waals surface area contributed by atoms with E-state index in [1.165, 1.54) is 0 Å². The van der Waals surface area contributed by atoms with E-state index in [-0.39, 0.29) is 5.91 Å². The van der Waals surface area contributed by atoms with Gasteiger partial charge in [0.25, 0.3) is 5.91 Å². The van der Waals surface area contributed by atoms with Crippen LogP contribution in [0.2, 0.25) is 0 Å². The maximum Gasteiger partial charge on any atom is 0.253 e. The minimum atomic E-state index is 0.169. The lowest BCUT2D eigenvalue weighted by Crippen LogP contribution is -2.38. The number of fused-ring (bicyclic) bond motifs is 1. The summed E-state index contributed by atoms with van der Waals surface area (Å²) in [4.78, 5) is 14.5. The van der Waals surface area contributed by atoms with E-state index in [4.69, 9.17) is 0 Å². The average molecular weight is 259 g/mol. The van der Waals surface area contributed by atoms with E-state index < -0.39 is 0 Å². The molecule has 19 heavy (non-hydrogen) atoms. The summed E-state index contributed by atoms with van der Waals surface area (Å²) in [7, 11) is 0. The number of benzene rings is 1. The van der Waals surface area contributed by atoms with Gasteiger partial charge in [-0.05, 0) is 37.0 Å². The van der Waals surface area contributed by atoms with Crippen LogP contribution < -0.4 is 10.6 Å². The molecule has 1 amide bonds. The molecular weight excluding hydrogens is 238 g/mol. The van der Waals surface area contributed by atoms with E-state index in [0.29, 0.717) is 0 Å². The molecule has 0 bridgehead atoms. The molecule has 2 aliphatic rings. The summed E-state index contributed by atoms with van der Waals surface area (Å²) in [5, 5.41) is 6.66. The number of hydrogen-bond donors (Lipinski definition) is 2. The highest BCUT2D eigenvalue weighted by atomic mass is 16.2. The summed E-state index contributed by atoms with van der Waals surface area (Å²) < 4.78 is 0. The van der Waals surface area contributed by atoms with Gasteiger partial charge in [0.2, 0.25) is 0 Å². The van der Waals surface area contributed by atoms with Crippen LogP contribution in [0.1, 0.15) is 30.1 Å². The Hall–Kier alpha value is -1.71. The summed E-state index contributed by atoms with van der Waals surface area (Å²) in [6, 6.07) is 5.91. The van der Waals surface area contributed by atoms with Crippen molar-refractivity contribution in [3.63, 3.8) is 0 Å². The SMILES string of the molecule is CC1CCN(C(=O)c2ccc3c(c2)NCCN3)CC1. The Kier molecular flexibility index (Phi) is 3.32. The zero-order valence-electron chi connectivity index (χ0n) is 11.4. The van der Waals surface area contributed by atoms with Crippen molar-refractivity contribution >= 4 is 17.3 Å². The lowest BCUT2D eigenvalue weighted by molar-refractivity contribution is 0.0697. The van der Waals surface area contributed by atoms with Gasteiger partial charge in [-0.25, -0.2) is 0 Å². The normalized spacial score (nSPS) is 19.3. The van der Waals surface area contributed by atoms with Crippen LogP contribution in [-0.2, 0) is 0 Å². The zero-order chi connectivity index (χ0) is 13.2. The average Bonchev–Trinajstić information content (AvgIpc) is 2.47. The number of carbonyl (C=O) groups is 1. The summed E-state index contributed by atoms with van der Waals surface area (Å²) >= 11 is 0. The predicted octanol–water partition coefficient (Wildman–Crippen LogP) is 2.40. The number of nitrogens with one attached hydrogen (secondary N) is 2. The fourth-order valence-corrected chi connectivity index (χ4v) is 2.77. The molecule has 2 aliphatic heterocycles. The fraction of sp³-hybridized carbons (Fsp3) is 0.533. The second kappa shape index (κ2) is 5.11. The van der Waals surface area contributed by atoms with Crippen molar-refractivity contribution in [2.75, 3.05) is 36.8 Å². The van der Waals surface area contributed by atoms with Crippen molar-refractivity contribution in [2.45, 2.75) is 19.8 Å². The molecule has 0 saturated carbocycles. The summed E-state index contributed by atoms with van der Waals surface area (Å²) in [5.41, 5.74) is 2.93. The standard InChI is InChI=1S/C15H21N3O/c1-11-4-8-18(9-5-11)15(19)12-2-3-13-14(10-12)17-7-6-16-13/h2-3,10-11,16-17H,4-9H2,1H3. The van der Waals surface area contributed by atoms with Crippen LogP contribution in [0.15, 0.2) is 18.2 Å². The Balaban J connectivity index is 1.76. The third-order valence-corrected chi connectivity index (χ3v) is 4.09. The van der Waals surface area contributed by atoms with Gasteiger partial charge in [0.15, 0.2) is 0 Å². The van der Waals surface area contributed by atoms with Crippen LogP contribution in [0.3, 0.4) is 0 Å². The Morgan fingerprint density at radius 2 is 1.84 bits per heavy atom. The molecule has 1 saturated heterocycles. The molecule has 0 atom stereocenters. The molecule has 1 fully saturated rings. The fourth-order valence-electron chi connectivity index (χ4n) is 2.77. The van der Waals surface area contributed by atoms with Crippen molar-refractivity contribution in [1.82, 2.24) is 4.90 Å². The lowest BCUT2D eigenvalue weighted by Gasteiger charge is -2.30. The quantitative estimate of drug-likeness (QED) is 0.814. The van der Waals surface area contributed by atoms with Gasteiger partial charge in [0.05, 0.1) is 11.4 Å². The van der Waals surface area contributed by atoms with Gasteiger partial charge in [-0.15, -0.1) is 0 Å². The molecule has 3 rings (SSSR count). The Morgan fingerprint density at radius 1 is 1.16 bits per heavy atom. The number of piperidine rings is 1. The van der Waals surface area contributed by atoms with Crippen LogP contribution in [-0.4, -0.2) is 37.0 Å². The molecule has 1 aromatic rings. The molecule has 102 valence electrons. The van der Waals surface area contributed by atoms with Crippen LogP contribution in [0.5, 0.6) is 0 Å². The smallest absolute Gasteiger partial charge is 0.253 e. The highest BCUT2D eigenvalue weighted by molar-refractivity contribution is 5.96. The molecule has 0 unspecified atom stereocenters. The topological polar surface area (TPSA) is 44.4 Å². The molecule has 4 nitrogen and oxygen atoms in total. The highest BCUT2D eigenvalue weighted by Gasteiger charge is 2.22. The first-order valence-electron chi connectivity index (χ1n) is 7.15. The first-order chi connectivity index (χ1) is 9.24. The van der Waals surface area contributed by atoms with Crippen LogP contribution in [0.4, 0.5) is 11.4 Å². The molecule has 2 heterocycles. The third-order valence-electron chi connectivity index (χ3n) is 4.09. The monoisotopic (exact) mass is 259 g/mol. The number of nitrogens with zero attached hydrogens (tertiary/aromatic N) is 1. The number of anilines is 2. The molecule has 0 aliphatic carbocycles. The van der Waals surface area contributed by atoms with Gasteiger partial charge in [-0.1, -0.05) is 6.92 Å². The molecule has 1 aromatic carbocycles. The van der Waals surface area contributed by atoms with E-state index >= 15 is 0 Å². The van der Waals surface area contributed by atoms with E-state index in [9.17, 15) is 4.79 Å². The Morgan fingerprint density at radius 3 is 2.58 bits per heavy atom. The van der Waals surface area contributed by atoms with Crippen LogP contribution in [0.25, 0.3) is 0 Å². The predicted molar refractivity (Wildman–Crippen MR) is 77.7 cm³/mol. The number of hydrogen-bond acceptors (Lipinski definition) is 3. The van der Waals surface area contributed by atoms with Gasteiger partial charge >= 0.3 is 0 Å². The molecule has 4 heteroatoms. The highest BCUT2D eigenvalue weighted by Crippen LogP contribution is 2.26. The summed E-state index contributed by atoms with van der Waals surface area (Å²) in [5.74, 6) is 0.917. The van der Waals surface area contributed by atoms with Crippen LogP contribution in [0, 0.1) is 5.92 Å². The second-order valence-electron chi connectivity index (χ2n) is 5.59. The number of amides is 1. The molecule has 0 aromatic heterocycles. The minimum absolute atomic E-state index is 0.169. The van der Waals surface area contributed by atoms with Crippen molar-refractivity contribution < 1.29 is 4.79 Å². The number of likely N-dealkylation sites (tertiary alicyclic amines) is 1. The Labute approximate surface area is 114 Å². The Bertz CT molecular complexity index is 478. The molecule has 0 spiro atoms. The zero-order valence-corrected chi connectivity index (χ0v) is 11.4. The van der Waals surface area contributed by atoms with Gasteiger partial charge in [-0.2, -0.15) is 0 Å². The van der Waals surface area contributed by atoms with E-state index in [1.54, 1.807) is 0 Å². The molecule has 0 radical (unpaired) electrons. The number of rotatable bonds is 1. The van der Waals surface area contributed by atoms with Gasteiger partial charge in [0, 0.05) is 31.7 Å². The van der Waals surface area contributed by atoms with Gasteiger partial charge in [0.1, 0.15) is 0 Å². The van der Waals surface area contributed by atoms with Crippen molar-refractivity contribution in [2.24, 2.45) is 5.92 Å². The molecule has 2 N–H and O–H groups in total. The maximum atomic E-state index is 12.5. The van der Waals surface area contributed by atoms with E-state index in [2.05, 4.69) is 17.6 Å². The molecular formula is C15H21N3O. The second-order valence-corrected chi connectivity index (χ2v) is 5.59. The first-order valence-corrected chi connectivity index (χ1v) is 7.15. The first kappa shape index (κ1) is 12.3. The van der Waals surface area contributed by atoms with Gasteiger partial charge in [-0.3, -0.25) is 4.79 Å². The third kappa shape index (κ3) is 2.53. The van der Waals surface area contributed by atoms with Crippen molar-refractivity contribution in [1.29, 1.82) is 0 Å². The van der Waals surface area contributed by atoms with Crippen molar-refractivity contribution in [3.05, 3.63) is 23.8 Å². The largest absolute Gasteiger partial charge is 0.382 e. The van der Waals surface area contributed by atoms with Crippen LogP contribution >= 0.6 is 0 Å². The summed E-state index contributed by atoms with van der Waals surface area (Å²) in [6.45, 7) is 5.89. The maximum absolute atomic E-state index is 12.5. The number of carbonyl (C=O) groups excluding carboxylic acids is 1. The lowest BCUT2D eigenvalue weighted by atomic mass is 9.98.